The second-order valence-corrected chi connectivity index (χ2v) is 6.56. The van der Waals surface area contributed by atoms with Gasteiger partial charge < -0.3 is 9.64 Å². The first-order chi connectivity index (χ1) is 11.6. The summed E-state index contributed by atoms with van der Waals surface area (Å²) < 4.78 is 32.5. The normalized spacial score (nSPS) is 14.7. The van der Waals surface area contributed by atoms with Crippen LogP contribution in [0.5, 0.6) is 0 Å². The third kappa shape index (κ3) is 2.82. The number of thiazole rings is 1. The Hall–Kier alpha value is -2.54. The van der Waals surface area contributed by atoms with Gasteiger partial charge in [0.05, 0.1) is 28.9 Å². The minimum absolute atomic E-state index is 0.198. The van der Waals surface area contributed by atoms with Crippen LogP contribution in [-0.4, -0.2) is 30.1 Å². The molecule has 1 fully saturated rings. The number of halogens is 2. The number of hydrogen-bond donors (Lipinski definition) is 0. The Kier molecular flexibility index (Phi) is 3.65. The Balaban J connectivity index is 1.39. The van der Waals surface area contributed by atoms with Crippen LogP contribution in [0.15, 0.2) is 42.5 Å². The van der Waals surface area contributed by atoms with E-state index in [0.717, 1.165) is 21.4 Å². The topological polar surface area (TPSA) is 42.4 Å². The lowest BCUT2D eigenvalue weighted by Crippen LogP contribution is -2.53. The monoisotopic (exact) mass is 346 g/mol. The third-order valence-electron chi connectivity index (χ3n) is 3.79. The van der Waals surface area contributed by atoms with Gasteiger partial charge in [-0.15, -0.1) is 0 Å². The maximum absolute atomic E-state index is 13.2. The molecule has 0 saturated carbocycles. The van der Waals surface area contributed by atoms with E-state index in [1.165, 1.54) is 41.7 Å². The maximum Gasteiger partial charge on any atom is 0.338 e. The lowest BCUT2D eigenvalue weighted by Gasteiger charge is -2.38. The second-order valence-electron chi connectivity index (χ2n) is 5.55. The predicted octanol–water partition coefficient (Wildman–Crippen LogP) is 3.62. The van der Waals surface area contributed by atoms with E-state index in [4.69, 9.17) is 4.74 Å². The molecule has 0 spiro atoms. The van der Waals surface area contributed by atoms with Crippen molar-refractivity contribution in [1.29, 1.82) is 0 Å². The minimum Gasteiger partial charge on any atom is -0.455 e. The van der Waals surface area contributed by atoms with Gasteiger partial charge in [0.2, 0.25) is 0 Å². The average molecular weight is 346 g/mol. The number of anilines is 1. The van der Waals surface area contributed by atoms with Crippen LogP contribution in [0, 0.1) is 11.6 Å². The molecule has 122 valence electrons. The summed E-state index contributed by atoms with van der Waals surface area (Å²) in [5.74, 6) is -1.30. The molecule has 4 nitrogen and oxygen atoms in total. The van der Waals surface area contributed by atoms with E-state index >= 15 is 0 Å². The van der Waals surface area contributed by atoms with Gasteiger partial charge in [-0.25, -0.2) is 18.6 Å². The molecular weight excluding hydrogens is 334 g/mol. The van der Waals surface area contributed by atoms with Crippen LogP contribution in [0.25, 0.3) is 10.2 Å². The van der Waals surface area contributed by atoms with Crippen LogP contribution in [0.3, 0.4) is 0 Å². The van der Waals surface area contributed by atoms with Gasteiger partial charge in [0.1, 0.15) is 17.7 Å². The third-order valence-corrected chi connectivity index (χ3v) is 4.87. The van der Waals surface area contributed by atoms with Crippen molar-refractivity contribution in [1.82, 2.24) is 4.98 Å². The molecule has 0 aliphatic carbocycles. The van der Waals surface area contributed by atoms with E-state index in [0.29, 0.717) is 13.1 Å². The highest BCUT2D eigenvalue weighted by Gasteiger charge is 2.32. The van der Waals surface area contributed by atoms with Crippen LogP contribution in [0.4, 0.5) is 13.9 Å². The number of esters is 1. The number of aromatic nitrogens is 1. The summed E-state index contributed by atoms with van der Waals surface area (Å²) in [5, 5.41) is 0.772. The first-order valence-corrected chi connectivity index (χ1v) is 8.18. The SMILES string of the molecule is O=C(OC1CN(c2nc3ccc(F)cc3s2)C1)c1cccc(F)c1. The van der Waals surface area contributed by atoms with Crippen molar-refractivity contribution in [2.24, 2.45) is 0 Å². The Morgan fingerprint density at radius 2 is 1.96 bits per heavy atom. The van der Waals surface area contributed by atoms with Gasteiger partial charge in [-0.1, -0.05) is 17.4 Å². The van der Waals surface area contributed by atoms with Crippen molar-refractivity contribution in [2.45, 2.75) is 6.10 Å². The highest BCUT2D eigenvalue weighted by Crippen LogP contribution is 2.32. The van der Waals surface area contributed by atoms with Gasteiger partial charge in [-0.05, 0) is 36.4 Å². The molecule has 2 heterocycles. The van der Waals surface area contributed by atoms with Crippen LogP contribution in [0.2, 0.25) is 0 Å². The number of fused-ring (bicyclic) bond motifs is 1. The zero-order chi connectivity index (χ0) is 16.7. The van der Waals surface area contributed by atoms with Crippen molar-refractivity contribution in [3.63, 3.8) is 0 Å². The number of carbonyl (C=O) groups excluding carboxylic acids is 1. The van der Waals surface area contributed by atoms with Gasteiger partial charge in [0, 0.05) is 0 Å². The Bertz CT molecular complexity index is 922. The van der Waals surface area contributed by atoms with Crippen LogP contribution in [0.1, 0.15) is 10.4 Å². The smallest absolute Gasteiger partial charge is 0.338 e. The summed E-state index contributed by atoms with van der Waals surface area (Å²) in [4.78, 5) is 18.4. The van der Waals surface area contributed by atoms with Crippen molar-refractivity contribution in [3.05, 3.63) is 59.7 Å². The highest BCUT2D eigenvalue weighted by atomic mass is 32.1. The summed E-state index contributed by atoms with van der Waals surface area (Å²) >= 11 is 1.40. The first kappa shape index (κ1) is 15.0. The molecule has 0 N–H and O–H groups in total. The molecule has 7 heteroatoms. The van der Waals surface area contributed by atoms with Crippen molar-refractivity contribution in [3.8, 4) is 0 Å². The fraction of sp³-hybridized carbons (Fsp3) is 0.176. The van der Waals surface area contributed by atoms with Gasteiger partial charge in [-0.2, -0.15) is 0 Å². The Morgan fingerprint density at radius 1 is 1.17 bits per heavy atom. The van der Waals surface area contributed by atoms with E-state index in [1.807, 2.05) is 4.90 Å². The zero-order valence-corrected chi connectivity index (χ0v) is 13.2. The fourth-order valence-electron chi connectivity index (χ4n) is 2.53. The molecule has 0 radical (unpaired) electrons. The standard InChI is InChI=1S/C17H12F2N2O2S/c18-11-3-1-2-10(6-11)16(22)23-13-8-21(9-13)17-20-14-5-4-12(19)7-15(14)24-17/h1-7,13H,8-9H2. The molecule has 2 aromatic carbocycles. The molecule has 0 amide bonds. The number of carbonyl (C=O) groups is 1. The fourth-order valence-corrected chi connectivity index (χ4v) is 3.53. The molecule has 24 heavy (non-hydrogen) atoms. The van der Waals surface area contributed by atoms with E-state index < -0.39 is 11.8 Å². The average Bonchev–Trinajstić information content (AvgIpc) is 2.92. The minimum atomic E-state index is -0.537. The summed E-state index contributed by atoms with van der Waals surface area (Å²) in [6.07, 6.45) is -0.260. The summed E-state index contributed by atoms with van der Waals surface area (Å²) in [5.41, 5.74) is 0.945. The summed E-state index contributed by atoms with van der Waals surface area (Å²) in [7, 11) is 0. The van der Waals surface area contributed by atoms with Crippen molar-refractivity contribution in [2.75, 3.05) is 18.0 Å². The lowest BCUT2D eigenvalue weighted by atomic mass is 10.2. The molecule has 0 unspecified atom stereocenters. The molecule has 1 aliphatic heterocycles. The molecule has 4 rings (SSSR count). The van der Waals surface area contributed by atoms with Gasteiger partial charge >= 0.3 is 5.97 Å². The van der Waals surface area contributed by atoms with Gasteiger partial charge in [0.15, 0.2) is 5.13 Å². The van der Waals surface area contributed by atoms with Crippen molar-refractivity contribution < 1.29 is 18.3 Å². The number of rotatable bonds is 3. The summed E-state index contributed by atoms with van der Waals surface area (Å²) in [6.45, 7) is 1.03. The van der Waals surface area contributed by atoms with Crippen LogP contribution < -0.4 is 4.90 Å². The first-order valence-electron chi connectivity index (χ1n) is 7.36. The maximum atomic E-state index is 13.2. The molecule has 0 atom stereocenters. The van der Waals surface area contributed by atoms with Gasteiger partial charge in [0.25, 0.3) is 0 Å². The molecule has 1 aliphatic rings. The molecular formula is C17H12F2N2O2S. The number of benzene rings is 2. The van der Waals surface area contributed by atoms with Crippen molar-refractivity contribution >= 4 is 32.7 Å². The zero-order valence-electron chi connectivity index (χ0n) is 12.4. The summed E-state index contributed by atoms with van der Waals surface area (Å²) in [6, 6.07) is 9.90. The van der Waals surface area contributed by atoms with E-state index in [1.54, 1.807) is 6.07 Å². The molecule has 1 saturated heterocycles. The molecule has 1 aromatic heterocycles. The Labute approximate surface area is 140 Å². The number of nitrogens with zero attached hydrogens (tertiary/aromatic N) is 2. The van der Waals surface area contributed by atoms with E-state index in [-0.39, 0.29) is 17.5 Å². The quantitative estimate of drug-likeness (QED) is 0.680. The Morgan fingerprint density at radius 3 is 2.75 bits per heavy atom. The van der Waals surface area contributed by atoms with Crippen LogP contribution in [-0.2, 0) is 4.74 Å². The van der Waals surface area contributed by atoms with E-state index in [2.05, 4.69) is 4.98 Å². The highest BCUT2D eigenvalue weighted by molar-refractivity contribution is 7.22. The van der Waals surface area contributed by atoms with E-state index in [9.17, 15) is 13.6 Å². The van der Waals surface area contributed by atoms with Gasteiger partial charge in [-0.3, -0.25) is 0 Å². The largest absolute Gasteiger partial charge is 0.455 e. The van der Waals surface area contributed by atoms with Crippen LogP contribution >= 0.6 is 11.3 Å². The predicted molar refractivity (Wildman–Crippen MR) is 87.4 cm³/mol. The lowest BCUT2D eigenvalue weighted by molar-refractivity contribution is 0.0234. The molecule has 3 aromatic rings. The molecule has 0 bridgehead atoms. The second kappa shape index (κ2) is 5.83. The number of hydrogen-bond acceptors (Lipinski definition) is 5. The number of ether oxygens (including phenoxy) is 1.